The molecule has 0 radical (unpaired) electrons. The Balaban J connectivity index is 1.20. The number of aromatic nitrogens is 1. The third-order valence-electron chi connectivity index (χ3n) is 6.40. The molecule has 1 amide bonds. The van der Waals surface area contributed by atoms with E-state index in [1.165, 1.54) is 12.1 Å². The largest absolute Gasteiger partial charge is 0.450 e. The molecule has 3 aliphatic rings. The number of esters is 1. The van der Waals surface area contributed by atoms with Gasteiger partial charge in [-0.2, -0.15) is 0 Å². The first-order chi connectivity index (χ1) is 13.6. The summed E-state index contributed by atoms with van der Waals surface area (Å²) in [5.74, 6) is -0.265. The van der Waals surface area contributed by atoms with Crippen LogP contribution in [0.2, 0.25) is 0 Å². The van der Waals surface area contributed by atoms with Gasteiger partial charge in [-0.1, -0.05) is 12.1 Å². The normalized spacial score (nSPS) is 30.6. The maximum absolute atomic E-state index is 13.1. The number of amides is 1. The van der Waals surface area contributed by atoms with Crippen LogP contribution < -0.4 is 5.32 Å². The first kappa shape index (κ1) is 17.3. The predicted octanol–water partition coefficient (Wildman–Crippen LogP) is 3.45. The molecule has 2 atom stereocenters. The molecule has 2 fully saturated rings. The summed E-state index contributed by atoms with van der Waals surface area (Å²) >= 11 is 0. The molecule has 1 aliphatic heterocycles. The van der Waals surface area contributed by atoms with Gasteiger partial charge < -0.3 is 10.1 Å². The van der Waals surface area contributed by atoms with E-state index in [0.29, 0.717) is 31.2 Å². The number of ether oxygens (including phenoxy) is 1. The van der Waals surface area contributed by atoms with Gasteiger partial charge in [-0.05, 0) is 55.9 Å². The second-order valence-electron chi connectivity index (χ2n) is 8.09. The van der Waals surface area contributed by atoms with Gasteiger partial charge in [0.25, 0.3) is 0 Å². The monoisotopic (exact) mass is 380 g/mol. The van der Waals surface area contributed by atoms with E-state index in [1.54, 1.807) is 30.6 Å². The van der Waals surface area contributed by atoms with Crippen LogP contribution >= 0.6 is 0 Å². The number of hydrogen-bond acceptors (Lipinski definition) is 4. The predicted molar refractivity (Wildman–Crippen MR) is 99.0 cm³/mol. The number of carbonyl (C=O) groups excluding carboxylic acids is 2. The van der Waals surface area contributed by atoms with Gasteiger partial charge >= 0.3 is 5.97 Å². The summed E-state index contributed by atoms with van der Waals surface area (Å²) in [5.41, 5.74) is 1.90. The van der Waals surface area contributed by atoms with Crippen LogP contribution in [-0.2, 0) is 15.1 Å². The van der Waals surface area contributed by atoms with E-state index in [-0.39, 0.29) is 35.6 Å². The smallest absolute Gasteiger partial charge is 0.339 e. The average Bonchev–Trinajstić information content (AvgIpc) is 3.42. The maximum Gasteiger partial charge on any atom is 0.339 e. The lowest BCUT2D eigenvalue weighted by Gasteiger charge is -2.35. The number of nitrogens with one attached hydrogen (secondary N) is 1. The highest BCUT2D eigenvalue weighted by Gasteiger charge is 2.49. The average molecular weight is 380 g/mol. The third kappa shape index (κ3) is 2.87. The summed E-state index contributed by atoms with van der Waals surface area (Å²) in [4.78, 5) is 29.0. The third-order valence-corrected chi connectivity index (χ3v) is 6.40. The SMILES string of the molecule is O=C1OC2(CCC(C(=O)N[C@@H]3C[C@H]3c3ccc(F)cc3)CC2)c2cnccc21. The molecule has 5 rings (SSSR count). The molecule has 144 valence electrons. The molecule has 0 bridgehead atoms. The molecule has 2 saturated carbocycles. The number of fused-ring (bicyclic) bond motifs is 2. The Morgan fingerprint density at radius 1 is 1.18 bits per heavy atom. The minimum atomic E-state index is -0.617. The standard InChI is InChI=1S/C22H21FN2O3/c23-15-3-1-13(2-4-15)17-11-19(17)25-20(26)14-5-8-22(9-6-14)18-12-24-10-7-16(18)21(27)28-22/h1-4,7,10,12,14,17,19H,5-6,8-9,11H2,(H,25,26)/t14?,17-,19+,22?/m0/s1. The summed E-state index contributed by atoms with van der Waals surface area (Å²) in [5, 5.41) is 3.14. The number of carbonyl (C=O) groups is 2. The van der Waals surface area contributed by atoms with Crippen LogP contribution in [0.25, 0.3) is 0 Å². The zero-order valence-electron chi connectivity index (χ0n) is 15.4. The quantitative estimate of drug-likeness (QED) is 0.828. The highest BCUT2D eigenvalue weighted by molar-refractivity contribution is 5.94. The van der Waals surface area contributed by atoms with Crippen LogP contribution in [0.4, 0.5) is 4.39 Å². The molecule has 6 heteroatoms. The van der Waals surface area contributed by atoms with Gasteiger partial charge in [0.1, 0.15) is 11.4 Å². The van der Waals surface area contributed by atoms with Crippen LogP contribution in [0.3, 0.4) is 0 Å². The van der Waals surface area contributed by atoms with Crippen molar-refractivity contribution in [3.8, 4) is 0 Å². The van der Waals surface area contributed by atoms with Crippen molar-refractivity contribution in [3.05, 3.63) is 65.2 Å². The fourth-order valence-electron chi connectivity index (χ4n) is 4.67. The zero-order chi connectivity index (χ0) is 19.3. The number of rotatable bonds is 3. The Hall–Kier alpha value is -2.76. The molecule has 0 saturated heterocycles. The Morgan fingerprint density at radius 3 is 2.68 bits per heavy atom. The minimum Gasteiger partial charge on any atom is -0.450 e. The van der Waals surface area contributed by atoms with E-state index in [4.69, 9.17) is 4.74 Å². The molecule has 1 N–H and O–H groups in total. The molecular weight excluding hydrogens is 359 g/mol. The van der Waals surface area contributed by atoms with Gasteiger partial charge in [-0.15, -0.1) is 0 Å². The van der Waals surface area contributed by atoms with E-state index in [0.717, 1.165) is 17.5 Å². The van der Waals surface area contributed by atoms with Crippen molar-refractivity contribution in [2.24, 2.45) is 5.92 Å². The van der Waals surface area contributed by atoms with Crippen LogP contribution in [0.5, 0.6) is 0 Å². The van der Waals surface area contributed by atoms with Crippen molar-refractivity contribution in [2.75, 3.05) is 0 Å². The molecule has 2 aliphatic carbocycles. The minimum absolute atomic E-state index is 0.0696. The van der Waals surface area contributed by atoms with Gasteiger partial charge in [-0.25, -0.2) is 9.18 Å². The van der Waals surface area contributed by atoms with Crippen LogP contribution in [0, 0.1) is 11.7 Å². The van der Waals surface area contributed by atoms with Crippen molar-refractivity contribution in [1.82, 2.24) is 10.3 Å². The lowest BCUT2D eigenvalue weighted by atomic mass is 9.75. The molecule has 1 spiro atoms. The molecule has 2 heterocycles. The number of nitrogens with zero attached hydrogens (tertiary/aromatic N) is 1. The van der Waals surface area contributed by atoms with E-state index >= 15 is 0 Å². The van der Waals surface area contributed by atoms with E-state index in [1.807, 2.05) is 0 Å². The fourth-order valence-corrected chi connectivity index (χ4v) is 4.67. The molecule has 2 aromatic rings. The molecule has 0 unspecified atom stereocenters. The Kier molecular flexibility index (Phi) is 3.96. The van der Waals surface area contributed by atoms with Crippen molar-refractivity contribution in [3.63, 3.8) is 0 Å². The number of halogens is 1. The van der Waals surface area contributed by atoms with Gasteiger partial charge in [-0.3, -0.25) is 9.78 Å². The van der Waals surface area contributed by atoms with E-state index in [2.05, 4.69) is 10.3 Å². The summed E-state index contributed by atoms with van der Waals surface area (Å²) in [6, 6.07) is 8.33. The molecule has 28 heavy (non-hydrogen) atoms. The van der Waals surface area contributed by atoms with Crippen LogP contribution in [-0.4, -0.2) is 22.9 Å². The van der Waals surface area contributed by atoms with E-state index < -0.39 is 5.60 Å². The summed E-state index contributed by atoms with van der Waals surface area (Å²) in [6.07, 6.45) is 6.86. The second-order valence-corrected chi connectivity index (χ2v) is 8.09. The van der Waals surface area contributed by atoms with Crippen LogP contribution in [0.1, 0.15) is 59.5 Å². The highest BCUT2D eigenvalue weighted by Crippen LogP contribution is 2.48. The summed E-state index contributed by atoms with van der Waals surface area (Å²) < 4.78 is 18.8. The molecule has 5 nitrogen and oxygen atoms in total. The second kappa shape index (κ2) is 6.40. The van der Waals surface area contributed by atoms with Crippen LogP contribution in [0.15, 0.2) is 42.7 Å². The summed E-state index contributed by atoms with van der Waals surface area (Å²) in [7, 11) is 0. The van der Waals surface area contributed by atoms with Crippen molar-refractivity contribution < 1.29 is 18.7 Å². The van der Waals surface area contributed by atoms with E-state index in [9.17, 15) is 14.0 Å². The Labute approximate surface area is 162 Å². The molecule has 1 aromatic heterocycles. The maximum atomic E-state index is 13.1. The van der Waals surface area contributed by atoms with Gasteiger partial charge in [0.2, 0.25) is 5.91 Å². The lowest BCUT2D eigenvalue weighted by Crippen LogP contribution is -2.39. The molecular formula is C22H21FN2O3. The van der Waals surface area contributed by atoms with Crippen molar-refractivity contribution in [2.45, 2.75) is 49.7 Å². The first-order valence-electron chi connectivity index (χ1n) is 9.79. The topological polar surface area (TPSA) is 68.3 Å². The first-order valence-corrected chi connectivity index (χ1v) is 9.79. The lowest BCUT2D eigenvalue weighted by molar-refractivity contribution is -0.128. The van der Waals surface area contributed by atoms with Crippen molar-refractivity contribution in [1.29, 1.82) is 0 Å². The highest BCUT2D eigenvalue weighted by atomic mass is 19.1. The molecule has 1 aromatic carbocycles. The fraction of sp³-hybridized carbons (Fsp3) is 0.409. The zero-order valence-corrected chi connectivity index (χ0v) is 15.4. The number of benzene rings is 1. The van der Waals surface area contributed by atoms with Gasteiger partial charge in [0.05, 0.1) is 5.56 Å². The van der Waals surface area contributed by atoms with Gasteiger partial charge in [0.15, 0.2) is 0 Å². The number of pyridine rings is 1. The number of hydrogen-bond donors (Lipinski definition) is 1. The van der Waals surface area contributed by atoms with Gasteiger partial charge in [0, 0.05) is 35.8 Å². The summed E-state index contributed by atoms with van der Waals surface area (Å²) in [6.45, 7) is 0. The van der Waals surface area contributed by atoms with Crippen molar-refractivity contribution >= 4 is 11.9 Å². The Morgan fingerprint density at radius 2 is 1.93 bits per heavy atom. The Bertz CT molecular complexity index is 935.